The van der Waals surface area contributed by atoms with Crippen LogP contribution in [0.1, 0.15) is 58.9 Å². The first kappa shape index (κ1) is 19.2. The standard InChI is InChI=1S/C14H24N4O4S/c1-3-5-7-21-9-10(22-8-6-4-2)12(14(20)18-16)23-11(9)13(19)17-15/h3-8,15-16H2,1-2H3,(H,17,19)(H,18,20). The largest absolute Gasteiger partial charge is 0.488 e. The highest BCUT2D eigenvalue weighted by Gasteiger charge is 2.28. The third kappa shape index (κ3) is 5.08. The number of hydrogen-bond donors (Lipinski definition) is 4. The van der Waals surface area contributed by atoms with Gasteiger partial charge in [0, 0.05) is 0 Å². The van der Waals surface area contributed by atoms with E-state index in [1.807, 2.05) is 24.7 Å². The number of carbonyl (C=O) groups excluding carboxylic acids is 2. The Morgan fingerprint density at radius 2 is 1.30 bits per heavy atom. The molecule has 0 fully saturated rings. The summed E-state index contributed by atoms with van der Waals surface area (Å²) in [6.45, 7) is 4.87. The Kier molecular flexibility index (Phi) is 8.38. The Morgan fingerprint density at radius 3 is 1.61 bits per heavy atom. The predicted molar refractivity (Wildman–Crippen MR) is 88.4 cm³/mol. The van der Waals surface area contributed by atoms with Gasteiger partial charge in [-0.25, -0.2) is 11.7 Å². The third-order valence-corrected chi connectivity index (χ3v) is 4.14. The lowest BCUT2D eigenvalue weighted by atomic mass is 10.3. The van der Waals surface area contributed by atoms with Gasteiger partial charge in [-0.15, -0.1) is 11.3 Å². The SMILES string of the molecule is CCCCOc1c(C(=O)NN)sc(C(=O)NN)c1OCCCC. The van der Waals surface area contributed by atoms with Crippen LogP contribution < -0.4 is 32.0 Å². The molecule has 1 aromatic heterocycles. The minimum atomic E-state index is -0.544. The number of carbonyl (C=O) groups is 2. The lowest BCUT2D eigenvalue weighted by Crippen LogP contribution is -2.30. The van der Waals surface area contributed by atoms with Crippen molar-refractivity contribution in [3.63, 3.8) is 0 Å². The summed E-state index contributed by atoms with van der Waals surface area (Å²) in [4.78, 5) is 24.3. The topological polar surface area (TPSA) is 129 Å². The van der Waals surface area contributed by atoms with Gasteiger partial charge in [-0.2, -0.15) is 0 Å². The minimum Gasteiger partial charge on any atom is -0.488 e. The first-order valence-corrected chi connectivity index (χ1v) is 8.36. The quantitative estimate of drug-likeness (QED) is 0.219. The number of hydrazine groups is 2. The average molecular weight is 344 g/mol. The van der Waals surface area contributed by atoms with E-state index < -0.39 is 11.8 Å². The van der Waals surface area contributed by atoms with Gasteiger partial charge in [-0.05, 0) is 12.8 Å². The second-order valence-electron chi connectivity index (χ2n) is 4.77. The predicted octanol–water partition coefficient (Wildman–Crippen LogP) is 1.31. The smallest absolute Gasteiger partial charge is 0.279 e. The molecule has 1 heterocycles. The normalized spacial score (nSPS) is 10.3. The molecule has 130 valence electrons. The van der Waals surface area contributed by atoms with Gasteiger partial charge < -0.3 is 9.47 Å². The first-order chi connectivity index (χ1) is 11.1. The zero-order chi connectivity index (χ0) is 17.2. The van der Waals surface area contributed by atoms with Crippen molar-refractivity contribution in [2.24, 2.45) is 11.7 Å². The number of nitrogens with one attached hydrogen (secondary N) is 2. The van der Waals surface area contributed by atoms with Crippen LogP contribution in [0.3, 0.4) is 0 Å². The van der Waals surface area contributed by atoms with Crippen LogP contribution in [0.25, 0.3) is 0 Å². The summed E-state index contributed by atoms with van der Waals surface area (Å²) in [5, 5.41) is 0. The van der Waals surface area contributed by atoms with Crippen molar-refractivity contribution in [1.82, 2.24) is 10.9 Å². The molecule has 0 aliphatic rings. The van der Waals surface area contributed by atoms with Crippen LogP contribution in [-0.4, -0.2) is 25.0 Å². The number of hydrogen-bond acceptors (Lipinski definition) is 7. The molecule has 2 amide bonds. The molecule has 0 saturated carbocycles. The van der Waals surface area contributed by atoms with Crippen molar-refractivity contribution in [3.05, 3.63) is 9.75 Å². The highest BCUT2D eigenvalue weighted by atomic mass is 32.1. The van der Waals surface area contributed by atoms with Crippen molar-refractivity contribution in [1.29, 1.82) is 0 Å². The molecule has 0 radical (unpaired) electrons. The molecule has 8 nitrogen and oxygen atoms in total. The Balaban J connectivity index is 3.22. The summed E-state index contributed by atoms with van der Waals surface area (Å²) in [5.41, 5.74) is 4.10. The highest BCUT2D eigenvalue weighted by molar-refractivity contribution is 7.16. The van der Waals surface area contributed by atoms with Gasteiger partial charge in [-0.3, -0.25) is 20.4 Å². The number of ether oxygens (including phenoxy) is 2. The van der Waals surface area contributed by atoms with Gasteiger partial charge in [0.15, 0.2) is 11.5 Å². The minimum absolute atomic E-state index is 0.189. The van der Waals surface area contributed by atoms with E-state index in [9.17, 15) is 9.59 Å². The monoisotopic (exact) mass is 344 g/mol. The molecule has 0 aliphatic heterocycles. The van der Waals surface area contributed by atoms with E-state index in [0.29, 0.717) is 13.2 Å². The number of amides is 2. The summed E-state index contributed by atoms with van der Waals surface area (Å²) in [6, 6.07) is 0. The van der Waals surface area contributed by atoms with Crippen molar-refractivity contribution < 1.29 is 19.1 Å². The van der Waals surface area contributed by atoms with Gasteiger partial charge in [0.05, 0.1) is 13.2 Å². The Bertz CT molecular complexity index is 489. The zero-order valence-electron chi connectivity index (χ0n) is 13.4. The molecule has 0 atom stereocenters. The fraction of sp³-hybridized carbons (Fsp3) is 0.571. The summed E-state index contributed by atoms with van der Waals surface area (Å²) >= 11 is 0.933. The number of nitrogens with two attached hydrogens (primary N) is 2. The maximum absolute atomic E-state index is 11.9. The van der Waals surface area contributed by atoms with Crippen molar-refractivity contribution in [3.8, 4) is 11.5 Å². The molecular formula is C14H24N4O4S. The van der Waals surface area contributed by atoms with E-state index in [4.69, 9.17) is 21.2 Å². The van der Waals surface area contributed by atoms with Crippen molar-refractivity contribution in [2.45, 2.75) is 39.5 Å². The molecule has 0 aliphatic carbocycles. The van der Waals surface area contributed by atoms with Crippen LogP contribution in [0.4, 0.5) is 0 Å². The molecule has 1 rings (SSSR count). The lowest BCUT2D eigenvalue weighted by molar-refractivity contribution is 0.0943. The summed E-state index contributed by atoms with van der Waals surface area (Å²) in [5.74, 6) is 9.79. The van der Waals surface area contributed by atoms with Crippen LogP contribution in [-0.2, 0) is 0 Å². The van der Waals surface area contributed by atoms with Gasteiger partial charge in [0.1, 0.15) is 9.75 Å². The number of rotatable bonds is 10. The second kappa shape index (κ2) is 10.0. The van der Waals surface area contributed by atoms with E-state index in [1.54, 1.807) is 0 Å². The second-order valence-corrected chi connectivity index (χ2v) is 5.79. The molecule has 1 aromatic rings. The number of nitrogen functional groups attached to an aromatic ring is 2. The molecule has 0 unspecified atom stereocenters. The summed E-state index contributed by atoms with van der Waals surface area (Å²) in [7, 11) is 0. The Morgan fingerprint density at radius 1 is 0.913 bits per heavy atom. The van der Waals surface area contributed by atoms with E-state index in [1.165, 1.54) is 0 Å². The molecule has 0 aromatic carbocycles. The van der Waals surface area contributed by atoms with Crippen LogP contribution in [0.15, 0.2) is 0 Å². The summed E-state index contributed by atoms with van der Waals surface area (Å²) in [6.07, 6.45) is 3.49. The van der Waals surface area contributed by atoms with E-state index >= 15 is 0 Å². The summed E-state index contributed by atoms with van der Waals surface area (Å²) < 4.78 is 11.4. The van der Waals surface area contributed by atoms with Crippen LogP contribution in [0.2, 0.25) is 0 Å². The molecule has 23 heavy (non-hydrogen) atoms. The maximum atomic E-state index is 11.9. The fourth-order valence-corrected chi connectivity index (χ4v) is 2.73. The highest BCUT2D eigenvalue weighted by Crippen LogP contribution is 2.42. The first-order valence-electron chi connectivity index (χ1n) is 7.54. The van der Waals surface area contributed by atoms with Crippen molar-refractivity contribution in [2.75, 3.05) is 13.2 Å². The molecule has 0 bridgehead atoms. The van der Waals surface area contributed by atoms with Gasteiger partial charge >= 0.3 is 0 Å². The van der Waals surface area contributed by atoms with E-state index in [2.05, 4.69) is 0 Å². The zero-order valence-corrected chi connectivity index (χ0v) is 14.3. The van der Waals surface area contributed by atoms with Crippen molar-refractivity contribution >= 4 is 23.2 Å². The van der Waals surface area contributed by atoms with Crippen LogP contribution >= 0.6 is 11.3 Å². The third-order valence-electron chi connectivity index (χ3n) is 2.99. The van der Waals surface area contributed by atoms with E-state index in [0.717, 1.165) is 37.0 Å². The Labute approximate surface area is 139 Å². The van der Waals surface area contributed by atoms with Gasteiger partial charge in [0.2, 0.25) is 0 Å². The Hall–Kier alpha value is -1.84. The molecule has 9 heteroatoms. The molecule has 6 N–H and O–H groups in total. The molecular weight excluding hydrogens is 320 g/mol. The average Bonchev–Trinajstić information content (AvgIpc) is 2.92. The van der Waals surface area contributed by atoms with Crippen LogP contribution in [0.5, 0.6) is 11.5 Å². The van der Waals surface area contributed by atoms with Gasteiger partial charge in [-0.1, -0.05) is 26.7 Å². The van der Waals surface area contributed by atoms with Gasteiger partial charge in [0.25, 0.3) is 11.8 Å². The van der Waals surface area contributed by atoms with Crippen LogP contribution in [0, 0.1) is 0 Å². The maximum Gasteiger partial charge on any atom is 0.279 e. The molecule has 0 spiro atoms. The lowest BCUT2D eigenvalue weighted by Gasteiger charge is -2.11. The number of thiophene rings is 1. The number of unbranched alkanes of at least 4 members (excludes halogenated alkanes) is 2. The molecule has 0 saturated heterocycles. The fourth-order valence-electron chi connectivity index (χ4n) is 1.73. The van der Waals surface area contributed by atoms with E-state index in [-0.39, 0.29) is 21.3 Å².